The number of carbonyl (C=O) groups is 2. The van der Waals surface area contributed by atoms with Crippen molar-refractivity contribution in [1.82, 2.24) is 0 Å². The number of ether oxygens (including phenoxy) is 1. The summed E-state index contributed by atoms with van der Waals surface area (Å²) in [5, 5.41) is 21.9. The monoisotopic (exact) mass is 258 g/mol. The second kappa shape index (κ2) is 5.49. The van der Waals surface area contributed by atoms with Gasteiger partial charge >= 0.3 is 59.1 Å². The Morgan fingerprint density at radius 3 is 1.53 bits per heavy atom. The molecule has 2 aliphatic heterocycles. The molecule has 0 aromatic carbocycles. The Morgan fingerprint density at radius 1 is 1.00 bits per heavy atom. The quantitative estimate of drug-likeness (QED) is 0.459. The molecular formula is C10H12Na2O5. The summed E-state index contributed by atoms with van der Waals surface area (Å²) in [7, 11) is 0. The fraction of sp³-hybridized carbons (Fsp3) is 0.800. The summed E-state index contributed by atoms with van der Waals surface area (Å²) in [4.78, 5) is 21.9. The number of fused-ring (bicyclic) bond motifs is 2. The predicted octanol–water partition coefficient (Wildman–Crippen LogP) is -7.93. The van der Waals surface area contributed by atoms with E-state index in [1.54, 1.807) is 13.8 Å². The minimum Gasteiger partial charge on any atom is -0.550 e. The Morgan fingerprint density at radius 2 is 1.29 bits per heavy atom. The molecule has 0 N–H and O–H groups in total. The van der Waals surface area contributed by atoms with Crippen molar-refractivity contribution in [3.63, 3.8) is 0 Å². The van der Waals surface area contributed by atoms with Crippen molar-refractivity contribution in [2.75, 3.05) is 0 Å². The Hall–Kier alpha value is 0.900. The SMILES string of the molecule is C[C@]12CC[C@](C)(O1)[C@H](C(=O)[O-])[C@@H]2C(=O)[O-].[Na+].[Na+]. The first-order valence-electron chi connectivity index (χ1n) is 4.92. The zero-order chi connectivity index (χ0) is 11.4. The van der Waals surface area contributed by atoms with Gasteiger partial charge in [0.1, 0.15) is 0 Å². The fourth-order valence-electron chi connectivity index (χ4n) is 3.04. The zero-order valence-electron chi connectivity index (χ0n) is 10.6. The molecule has 2 bridgehead atoms. The fourth-order valence-corrected chi connectivity index (χ4v) is 3.04. The normalized spacial score (nSPS) is 42.5. The number of rotatable bonds is 2. The van der Waals surface area contributed by atoms with E-state index in [1.165, 1.54) is 0 Å². The molecule has 2 heterocycles. The molecule has 0 aromatic heterocycles. The number of hydrogen-bond donors (Lipinski definition) is 0. The average molecular weight is 258 g/mol. The molecule has 17 heavy (non-hydrogen) atoms. The maximum atomic E-state index is 11.0. The van der Waals surface area contributed by atoms with E-state index < -0.39 is 35.0 Å². The van der Waals surface area contributed by atoms with Crippen LogP contribution in [0.4, 0.5) is 0 Å². The van der Waals surface area contributed by atoms with Crippen molar-refractivity contribution in [1.29, 1.82) is 0 Å². The van der Waals surface area contributed by atoms with Crippen molar-refractivity contribution in [3.05, 3.63) is 0 Å². The number of carboxylic acids is 2. The van der Waals surface area contributed by atoms with Crippen LogP contribution in [-0.2, 0) is 14.3 Å². The van der Waals surface area contributed by atoms with Gasteiger partial charge < -0.3 is 24.5 Å². The topological polar surface area (TPSA) is 89.5 Å². The molecule has 0 aliphatic carbocycles. The molecule has 84 valence electrons. The van der Waals surface area contributed by atoms with Crippen molar-refractivity contribution in [3.8, 4) is 0 Å². The Bertz CT molecular complexity index is 316. The number of aliphatic carboxylic acids is 2. The van der Waals surface area contributed by atoms with Crippen LogP contribution in [0.3, 0.4) is 0 Å². The van der Waals surface area contributed by atoms with Gasteiger partial charge in [0.25, 0.3) is 0 Å². The van der Waals surface area contributed by atoms with E-state index >= 15 is 0 Å². The minimum atomic E-state index is -1.37. The van der Waals surface area contributed by atoms with Crippen molar-refractivity contribution in [2.45, 2.75) is 37.9 Å². The molecule has 4 atom stereocenters. The largest absolute Gasteiger partial charge is 1.00 e. The summed E-state index contributed by atoms with van der Waals surface area (Å²) in [6, 6.07) is 0. The van der Waals surface area contributed by atoms with Crippen molar-refractivity contribution < 1.29 is 83.7 Å². The first-order valence-corrected chi connectivity index (χ1v) is 4.92. The van der Waals surface area contributed by atoms with Crippen molar-refractivity contribution >= 4 is 11.9 Å². The van der Waals surface area contributed by atoms with Gasteiger partial charge in [0.15, 0.2) is 0 Å². The summed E-state index contributed by atoms with van der Waals surface area (Å²) in [5.41, 5.74) is -1.84. The second-order valence-corrected chi connectivity index (χ2v) is 4.82. The molecule has 2 fully saturated rings. The molecule has 2 rings (SSSR count). The van der Waals surface area contributed by atoms with Gasteiger partial charge in [0, 0.05) is 23.8 Å². The third-order valence-corrected chi connectivity index (χ3v) is 3.74. The zero-order valence-corrected chi connectivity index (χ0v) is 14.6. The molecule has 0 saturated carbocycles. The van der Waals surface area contributed by atoms with E-state index in [-0.39, 0.29) is 59.1 Å². The molecule has 5 nitrogen and oxygen atoms in total. The first kappa shape index (κ1) is 17.9. The third-order valence-electron chi connectivity index (χ3n) is 3.74. The molecule has 0 aromatic rings. The molecule has 2 saturated heterocycles. The van der Waals surface area contributed by atoms with Gasteiger partial charge in [-0.1, -0.05) is 0 Å². The van der Waals surface area contributed by atoms with Crippen LogP contribution in [0.25, 0.3) is 0 Å². The Balaban J connectivity index is 0.00000128. The first-order chi connectivity index (χ1) is 6.80. The molecule has 2 aliphatic rings. The average Bonchev–Trinajstić information content (AvgIpc) is 2.49. The van der Waals surface area contributed by atoms with Crippen LogP contribution in [0.1, 0.15) is 26.7 Å². The van der Waals surface area contributed by atoms with Crippen LogP contribution in [0.5, 0.6) is 0 Å². The standard InChI is InChI=1S/C10H14O5.2Na/c1-9-3-4-10(2,15-9)6(8(13)14)5(9)7(11)12;;/h5-6H,3-4H2,1-2H3,(H,11,12)(H,13,14);;/q;2*+1/p-2/t5-,6+,9-,10+;;. The molecule has 0 unspecified atom stereocenters. The molecule has 0 amide bonds. The van der Waals surface area contributed by atoms with Crippen LogP contribution >= 0.6 is 0 Å². The van der Waals surface area contributed by atoms with Gasteiger partial charge in [0.2, 0.25) is 0 Å². The summed E-state index contributed by atoms with van der Waals surface area (Å²) in [5.74, 6) is -4.95. The van der Waals surface area contributed by atoms with Crippen LogP contribution in [0.15, 0.2) is 0 Å². The van der Waals surface area contributed by atoms with Crippen LogP contribution in [0, 0.1) is 11.8 Å². The maximum Gasteiger partial charge on any atom is 1.00 e. The van der Waals surface area contributed by atoms with Crippen LogP contribution < -0.4 is 69.3 Å². The van der Waals surface area contributed by atoms with E-state index in [4.69, 9.17) is 4.74 Å². The van der Waals surface area contributed by atoms with Gasteiger partial charge in [-0.15, -0.1) is 0 Å². The third kappa shape index (κ3) is 2.61. The van der Waals surface area contributed by atoms with E-state index in [9.17, 15) is 19.8 Å². The van der Waals surface area contributed by atoms with Crippen LogP contribution in [0.2, 0.25) is 0 Å². The van der Waals surface area contributed by atoms with Gasteiger partial charge in [0.05, 0.1) is 11.2 Å². The Labute approximate surface area is 144 Å². The van der Waals surface area contributed by atoms with Gasteiger partial charge in [-0.2, -0.15) is 0 Å². The second-order valence-electron chi connectivity index (χ2n) is 4.82. The minimum absolute atomic E-state index is 0. The molecule has 0 spiro atoms. The smallest absolute Gasteiger partial charge is 0.550 e. The van der Waals surface area contributed by atoms with E-state index in [0.29, 0.717) is 12.8 Å². The summed E-state index contributed by atoms with van der Waals surface area (Å²) < 4.78 is 5.55. The van der Waals surface area contributed by atoms with Crippen LogP contribution in [-0.4, -0.2) is 23.1 Å². The van der Waals surface area contributed by atoms with E-state index in [0.717, 1.165) is 0 Å². The Kier molecular flexibility index (Phi) is 5.78. The summed E-state index contributed by atoms with van der Waals surface area (Å²) in [6.45, 7) is 3.25. The summed E-state index contributed by atoms with van der Waals surface area (Å²) in [6.07, 6.45) is 1.10. The number of hydrogen-bond acceptors (Lipinski definition) is 5. The van der Waals surface area contributed by atoms with E-state index in [1.807, 2.05) is 0 Å². The molecule has 0 radical (unpaired) electrons. The van der Waals surface area contributed by atoms with Gasteiger partial charge in [-0.05, 0) is 26.7 Å². The molecule has 7 heteroatoms. The maximum absolute atomic E-state index is 11.0. The van der Waals surface area contributed by atoms with Gasteiger partial charge in [-0.3, -0.25) is 0 Å². The number of carboxylic acid groups (broad SMARTS) is 2. The van der Waals surface area contributed by atoms with Crippen molar-refractivity contribution in [2.24, 2.45) is 11.8 Å². The molecular weight excluding hydrogens is 246 g/mol. The number of carbonyl (C=O) groups excluding carboxylic acids is 2. The van der Waals surface area contributed by atoms with Gasteiger partial charge in [-0.25, -0.2) is 0 Å². The predicted molar refractivity (Wildman–Crippen MR) is 44.1 cm³/mol. The summed E-state index contributed by atoms with van der Waals surface area (Å²) >= 11 is 0. The van der Waals surface area contributed by atoms with E-state index in [2.05, 4.69) is 0 Å².